The predicted octanol–water partition coefficient (Wildman–Crippen LogP) is 1.69. The molecule has 30 heavy (non-hydrogen) atoms. The number of nitrogens with zero attached hydrogens (tertiary/aromatic N) is 2. The van der Waals surface area contributed by atoms with Crippen molar-refractivity contribution in [3.05, 3.63) is 35.9 Å². The van der Waals surface area contributed by atoms with Crippen molar-refractivity contribution in [3.8, 4) is 0 Å². The van der Waals surface area contributed by atoms with Crippen LogP contribution in [0.15, 0.2) is 35.3 Å². The van der Waals surface area contributed by atoms with E-state index in [1.807, 2.05) is 23.1 Å². The summed E-state index contributed by atoms with van der Waals surface area (Å²) in [6.07, 6.45) is 3.56. The molecule has 2 heterocycles. The Labute approximate surface area is 180 Å². The first-order valence-electron chi connectivity index (χ1n) is 11.2. The first-order valence-corrected chi connectivity index (χ1v) is 11.2. The second-order valence-corrected chi connectivity index (χ2v) is 8.18. The molecule has 0 spiro atoms. The molecule has 0 saturated carbocycles. The molecule has 1 amide bonds. The van der Waals surface area contributed by atoms with E-state index < -0.39 is 0 Å². The highest BCUT2D eigenvalue weighted by Gasteiger charge is 2.29. The van der Waals surface area contributed by atoms with E-state index >= 15 is 0 Å². The third-order valence-electron chi connectivity index (χ3n) is 5.73. The van der Waals surface area contributed by atoms with Gasteiger partial charge in [-0.1, -0.05) is 30.3 Å². The molecule has 0 aromatic heterocycles. The van der Waals surface area contributed by atoms with E-state index in [4.69, 9.17) is 9.47 Å². The summed E-state index contributed by atoms with van der Waals surface area (Å²) in [6, 6.07) is 10.3. The van der Waals surface area contributed by atoms with Crippen molar-refractivity contribution in [2.75, 3.05) is 59.7 Å². The van der Waals surface area contributed by atoms with E-state index in [2.05, 4.69) is 27.8 Å². The number of rotatable bonds is 11. The fourth-order valence-electron chi connectivity index (χ4n) is 3.92. The third-order valence-corrected chi connectivity index (χ3v) is 5.73. The number of ether oxygens (including phenoxy) is 2. The summed E-state index contributed by atoms with van der Waals surface area (Å²) in [5, 5.41) is 6.69. The van der Waals surface area contributed by atoms with Crippen molar-refractivity contribution in [3.63, 3.8) is 0 Å². The standard InChI is InChI=1S/C23H36N4O3/c1-24-23(25-10-5-12-29-17-20-9-13-30-18-20)26-15-21-14-22(28)27(16-21)11-8-19-6-3-2-4-7-19/h2-4,6-7,20-21H,5,8-18H2,1H3,(H2,24,25,26). The minimum atomic E-state index is 0.255. The maximum absolute atomic E-state index is 12.3. The molecule has 7 nitrogen and oxygen atoms in total. The van der Waals surface area contributed by atoms with Crippen molar-refractivity contribution in [1.82, 2.24) is 15.5 Å². The quantitative estimate of drug-likeness (QED) is 0.326. The van der Waals surface area contributed by atoms with Gasteiger partial charge in [-0.15, -0.1) is 0 Å². The number of nitrogens with one attached hydrogen (secondary N) is 2. The van der Waals surface area contributed by atoms with Gasteiger partial charge in [0.25, 0.3) is 0 Å². The number of guanidine groups is 1. The minimum absolute atomic E-state index is 0.255. The van der Waals surface area contributed by atoms with Crippen LogP contribution in [0.5, 0.6) is 0 Å². The van der Waals surface area contributed by atoms with E-state index in [-0.39, 0.29) is 5.91 Å². The zero-order chi connectivity index (χ0) is 21.0. The van der Waals surface area contributed by atoms with Crippen LogP contribution in [0.2, 0.25) is 0 Å². The van der Waals surface area contributed by atoms with Gasteiger partial charge in [-0.3, -0.25) is 9.79 Å². The topological polar surface area (TPSA) is 75.2 Å². The van der Waals surface area contributed by atoms with Gasteiger partial charge in [0.15, 0.2) is 5.96 Å². The number of benzene rings is 1. The van der Waals surface area contributed by atoms with Gasteiger partial charge in [0, 0.05) is 64.7 Å². The first kappa shape index (κ1) is 22.6. The lowest BCUT2D eigenvalue weighted by molar-refractivity contribution is -0.127. The largest absolute Gasteiger partial charge is 0.381 e. The Morgan fingerprint density at radius 2 is 2.13 bits per heavy atom. The Bertz CT molecular complexity index is 662. The van der Waals surface area contributed by atoms with Gasteiger partial charge in [0.05, 0.1) is 13.2 Å². The van der Waals surface area contributed by atoms with Gasteiger partial charge in [-0.05, 0) is 24.8 Å². The Hall–Kier alpha value is -2.12. The van der Waals surface area contributed by atoms with Crippen molar-refractivity contribution >= 4 is 11.9 Å². The molecule has 2 saturated heterocycles. The van der Waals surface area contributed by atoms with E-state index in [0.29, 0.717) is 18.3 Å². The SMILES string of the molecule is CN=C(NCCCOCC1CCOC1)NCC1CC(=O)N(CCc2ccccc2)C1. The number of carbonyl (C=O) groups is 1. The first-order chi connectivity index (χ1) is 14.7. The molecule has 2 N–H and O–H groups in total. The summed E-state index contributed by atoms with van der Waals surface area (Å²) in [6.45, 7) is 6.42. The van der Waals surface area contributed by atoms with E-state index in [1.165, 1.54) is 5.56 Å². The molecule has 0 radical (unpaired) electrons. The summed E-state index contributed by atoms with van der Waals surface area (Å²) in [5.74, 6) is 1.93. The number of hydrogen-bond donors (Lipinski definition) is 2. The Morgan fingerprint density at radius 3 is 2.90 bits per heavy atom. The van der Waals surface area contributed by atoms with Crippen molar-refractivity contribution < 1.29 is 14.3 Å². The summed E-state index contributed by atoms with van der Waals surface area (Å²) < 4.78 is 11.1. The number of amides is 1. The molecule has 1 aromatic rings. The van der Waals surface area contributed by atoms with Crippen LogP contribution in [0.25, 0.3) is 0 Å². The number of aliphatic imine (C=N–C) groups is 1. The summed E-state index contributed by atoms with van der Waals surface area (Å²) >= 11 is 0. The number of likely N-dealkylation sites (tertiary alicyclic amines) is 1. The number of carbonyl (C=O) groups excluding carboxylic acids is 1. The molecule has 3 rings (SSSR count). The lowest BCUT2D eigenvalue weighted by Gasteiger charge is -2.18. The Balaban J connectivity index is 1.25. The molecule has 0 aliphatic carbocycles. The van der Waals surface area contributed by atoms with Crippen molar-refractivity contribution in [1.29, 1.82) is 0 Å². The van der Waals surface area contributed by atoms with Crippen molar-refractivity contribution in [2.45, 2.75) is 25.7 Å². The third kappa shape index (κ3) is 7.61. The molecule has 2 aliphatic rings. The van der Waals surface area contributed by atoms with Crippen LogP contribution < -0.4 is 10.6 Å². The molecule has 2 aliphatic heterocycles. The zero-order valence-electron chi connectivity index (χ0n) is 18.1. The van der Waals surface area contributed by atoms with Crippen LogP contribution in [0.3, 0.4) is 0 Å². The van der Waals surface area contributed by atoms with Crippen LogP contribution in [-0.4, -0.2) is 76.4 Å². The van der Waals surface area contributed by atoms with Gasteiger partial charge in [-0.2, -0.15) is 0 Å². The second-order valence-electron chi connectivity index (χ2n) is 8.18. The number of hydrogen-bond acceptors (Lipinski definition) is 4. The maximum atomic E-state index is 12.3. The molecule has 2 fully saturated rings. The summed E-state index contributed by atoms with van der Waals surface area (Å²) in [5.41, 5.74) is 1.28. The molecule has 1 aromatic carbocycles. The van der Waals surface area contributed by atoms with Crippen molar-refractivity contribution in [2.24, 2.45) is 16.8 Å². The maximum Gasteiger partial charge on any atom is 0.223 e. The fraction of sp³-hybridized carbons (Fsp3) is 0.652. The summed E-state index contributed by atoms with van der Waals surface area (Å²) in [7, 11) is 1.78. The van der Waals surface area contributed by atoms with Crippen LogP contribution in [-0.2, 0) is 20.7 Å². The van der Waals surface area contributed by atoms with Gasteiger partial charge in [0.2, 0.25) is 5.91 Å². The molecule has 2 atom stereocenters. The zero-order valence-corrected chi connectivity index (χ0v) is 18.1. The lowest BCUT2D eigenvalue weighted by atomic mass is 10.1. The van der Waals surface area contributed by atoms with E-state index in [9.17, 15) is 4.79 Å². The predicted molar refractivity (Wildman–Crippen MR) is 119 cm³/mol. The van der Waals surface area contributed by atoms with Gasteiger partial charge in [0.1, 0.15) is 0 Å². The fourth-order valence-corrected chi connectivity index (χ4v) is 3.92. The van der Waals surface area contributed by atoms with E-state index in [1.54, 1.807) is 7.05 Å². The molecule has 2 unspecified atom stereocenters. The molecule has 0 bridgehead atoms. The normalized spacial score (nSPS) is 22.0. The van der Waals surface area contributed by atoms with Crippen LogP contribution >= 0.6 is 0 Å². The lowest BCUT2D eigenvalue weighted by Crippen LogP contribution is -2.40. The Kier molecular flexibility index (Phi) is 9.44. The molecular formula is C23H36N4O3. The monoisotopic (exact) mass is 416 g/mol. The van der Waals surface area contributed by atoms with E-state index in [0.717, 1.165) is 77.8 Å². The van der Waals surface area contributed by atoms with Gasteiger partial charge < -0.3 is 25.0 Å². The van der Waals surface area contributed by atoms with Gasteiger partial charge in [-0.25, -0.2) is 0 Å². The Morgan fingerprint density at radius 1 is 1.27 bits per heavy atom. The highest BCUT2D eigenvalue weighted by Crippen LogP contribution is 2.17. The smallest absolute Gasteiger partial charge is 0.223 e. The van der Waals surface area contributed by atoms with Crippen LogP contribution in [0.4, 0.5) is 0 Å². The average Bonchev–Trinajstić information content (AvgIpc) is 3.41. The molecular weight excluding hydrogens is 380 g/mol. The highest BCUT2D eigenvalue weighted by atomic mass is 16.5. The van der Waals surface area contributed by atoms with Gasteiger partial charge >= 0.3 is 0 Å². The molecule has 166 valence electrons. The van der Waals surface area contributed by atoms with Crippen LogP contribution in [0, 0.1) is 11.8 Å². The summed E-state index contributed by atoms with van der Waals surface area (Å²) in [4.78, 5) is 18.6. The average molecular weight is 417 g/mol. The van der Waals surface area contributed by atoms with Crippen LogP contribution in [0.1, 0.15) is 24.8 Å². The minimum Gasteiger partial charge on any atom is -0.381 e. The second kappa shape index (κ2) is 12.5. The molecule has 7 heteroatoms. The highest BCUT2D eigenvalue weighted by molar-refractivity contribution is 5.80.